The average molecular weight is 388 g/mol. The number of hydrogen-bond acceptors (Lipinski definition) is 4. The number of carbonyl (C=O) groups excluding carboxylic acids is 1. The van der Waals surface area contributed by atoms with Gasteiger partial charge in [0.25, 0.3) is 5.91 Å². The Labute approximate surface area is 153 Å². The Hall–Kier alpha value is -1.44. The van der Waals surface area contributed by atoms with E-state index in [1.54, 1.807) is 6.92 Å². The van der Waals surface area contributed by atoms with Crippen molar-refractivity contribution >= 4 is 57.9 Å². The van der Waals surface area contributed by atoms with Gasteiger partial charge in [-0.05, 0) is 24.1 Å². The van der Waals surface area contributed by atoms with Crippen LogP contribution in [0, 0.1) is 11.7 Å². The van der Waals surface area contributed by atoms with Gasteiger partial charge in [-0.3, -0.25) is 9.69 Å². The van der Waals surface area contributed by atoms with Gasteiger partial charge < -0.3 is 5.11 Å². The van der Waals surface area contributed by atoms with Gasteiger partial charge in [-0.2, -0.15) is 0 Å². The van der Waals surface area contributed by atoms with Crippen molar-refractivity contribution in [3.05, 3.63) is 39.5 Å². The van der Waals surface area contributed by atoms with E-state index in [-0.39, 0.29) is 25.7 Å². The maximum Gasteiger partial charge on any atom is 0.327 e. The molecule has 8 heteroatoms. The van der Waals surface area contributed by atoms with E-state index >= 15 is 0 Å². The summed E-state index contributed by atoms with van der Waals surface area (Å²) in [5.74, 6) is -2.51. The maximum absolute atomic E-state index is 13.9. The molecular weight excluding hydrogens is 373 g/mol. The minimum Gasteiger partial charge on any atom is -0.480 e. The number of amides is 1. The van der Waals surface area contributed by atoms with Crippen molar-refractivity contribution in [1.29, 1.82) is 0 Å². The van der Waals surface area contributed by atoms with Crippen LogP contribution in [0.25, 0.3) is 6.08 Å². The first-order valence-corrected chi connectivity index (χ1v) is 8.82. The standard InChI is InChI=1S/C16H15ClFNO3S2/c1-3-8(2)13(15(21)22)19-14(20)12(24-16(19)23)7-9-10(17)5-4-6-11(9)18/h4-8,13H,3H2,1-2H3,(H,21,22). The Balaban J connectivity index is 2.42. The molecule has 1 N–H and O–H groups in total. The zero-order valence-corrected chi connectivity index (χ0v) is 15.3. The summed E-state index contributed by atoms with van der Waals surface area (Å²) in [5, 5.41) is 9.64. The normalized spacial score (nSPS) is 19.0. The lowest BCUT2D eigenvalue weighted by atomic mass is 9.98. The molecule has 1 aliphatic rings. The quantitative estimate of drug-likeness (QED) is 0.606. The summed E-state index contributed by atoms with van der Waals surface area (Å²) in [6.45, 7) is 3.59. The molecule has 128 valence electrons. The number of carboxylic acid groups (broad SMARTS) is 1. The Bertz CT molecular complexity index is 718. The van der Waals surface area contributed by atoms with Gasteiger partial charge in [-0.1, -0.05) is 61.9 Å². The van der Waals surface area contributed by atoms with Crippen molar-refractivity contribution in [1.82, 2.24) is 4.90 Å². The summed E-state index contributed by atoms with van der Waals surface area (Å²) in [7, 11) is 0. The van der Waals surface area contributed by atoms with E-state index in [0.29, 0.717) is 6.42 Å². The van der Waals surface area contributed by atoms with E-state index in [1.165, 1.54) is 24.3 Å². The van der Waals surface area contributed by atoms with E-state index < -0.39 is 23.7 Å². The van der Waals surface area contributed by atoms with Crippen molar-refractivity contribution in [3.8, 4) is 0 Å². The predicted molar refractivity (Wildman–Crippen MR) is 97.3 cm³/mol. The number of halogens is 2. The number of aliphatic carboxylic acids is 1. The lowest BCUT2D eigenvalue weighted by Gasteiger charge is -2.27. The summed E-state index contributed by atoms with van der Waals surface area (Å²) >= 11 is 12.1. The first kappa shape index (κ1) is 18.9. The zero-order chi connectivity index (χ0) is 18.0. The lowest BCUT2D eigenvalue weighted by Crippen LogP contribution is -2.47. The van der Waals surface area contributed by atoms with Crippen LogP contribution in [-0.2, 0) is 9.59 Å². The first-order chi connectivity index (χ1) is 11.3. The molecule has 1 aromatic rings. The van der Waals surface area contributed by atoms with Crippen LogP contribution in [0.15, 0.2) is 23.1 Å². The average Bonchev–Trinajstić information content (AvgIpc) is 2.78. The van der Waals surface area contributed by atoms with Crippen molar-refractivity contribution in [3.63, 3.8) is 0 Å². The van der Waals surface area contributed by atoms with Gasteiger partial charge in [0.05, 0.1) is 9.93 Å². The Morgan fingerprint density at radius 3 is 2.75 bits per heavy atom. The fraction of sp³-hybridized carbons (Fsp3) is 0.312. The molecule has 2 rings (SSSR count). The monoisotopic (exact) mass is 387 g/mol. The summed E-state index contributed by atoms with van der Waals surface area (Å²) < 4.78 is 14.0. The van der Waals surface area contributed by atoms with Gasteiger partial charge in [0.1, 0.15) is 16.2 Å². The highest BCUT2D eigenvalue weighted by molar-refractivity contribution is 8.26. The largest absolute Gasteiger partial charge is 0.480 e. The van der Waals surface area contributed by atoms with Gasteiger partial charge in [0, 0.05) is 5.56 Å². The van der Waals surface area contributed by atoms with Crippen LogP contribution in [0.1, 0.15) is 25.8 Å². The minimum absolute atomic E-state index is 0.0788. The molecule has 0 spiro atoms. The van der Waals surface area contributed by atoms with Crippen molar-refractivity contribution in [2.24, 2.45) is 5.92 Å². The maximum atomic E-state index is 13.9. The van der Waals surface area contributed by atoms with E-state index in [2.05, 4.69) is 0 Å². The third kappa shape index (κ3) is 3.63. The molecule has 4 nitrogen and oxygen atoms in total. The summed E-state index contributed by atoms with van der Waals surface area (Å²) in [5.41, 5.74) is 0.0788. The molecule has 0 radical (unpaired) electrons. The fourth-order valence-electron chi connectivity index (χ4n) is 2.33. The fourth-order valence-corrected chi connectivity index (χ4v) is 3.86. The highest BCUT2D eigenvalue weighted by Gasteiger charge is 2.42. The Kier molecular flexibility index (Phi) is 6.01. The molecule has 1 aliphatic heterocycles. The minimum atomic E-state index is -1.12. The number of nitrogens with zero attached hydrogens (tertiary/aromatic N) is 1. The first-order valence-electron chi connectivity index (χ1n) is 7.21. The number of rotatable bonds is 5. The van der Waals surface area contributed by atoms with Crippen LogP contribution in [0.4, 0.5) is 4.39 Å². The van der Waals surface area contributed by atoms with E-state index in [4.69, 9.17) is 23.8 Å². The Morgan fingerprint density at radius 1 is 1.54 bits per heavy atom. The summed E-state index contributed by atoms with van der Waals surface area (Å²) in [4.78, 5) is 25.5. The van der Waals surface area contributed by atoms with E-state index in [1.807, 2.05) is 6.92 Å². The van der Waals surface area contributed by atoms with Gasteiger partial charge in [-0.15, -0.1) is 0 Å². The molecule has 2 unspecified atom stereocenters. The molecular formula is C16H15ClFNO3S2. The van der Waals surface area contributed by atoms with Gasteiger partial charge in [0.15, 0.2) is 0 Å². The van der Waals surface area contributed by atoms with Crippen molar-refractivity contribution in [2.45, 2.75) is 26.3 Å². The number of thiocarbonyl (C=S) groups is 1. The molecule has 0 aromatic heterocycles. The smallest absolute Gasteiger partial charge is 0.327 e. The molecule has 1 aromatic carbocycles. The molecule has 0 bridgehead atoms. The van der Waals surface area contributed by atoms with Crippen LogP contribution in [-0.4, -0.2) is 32.2 Å². The highest BCUT2D eigenvalue weighted by Crippen LogP contribution is 2.37. The predicted octanol–water partition coefficient (Wildman–Crippen LogP) is 4.18. The number of benzene rings is 1. The number of hydrogen-bond donors (Lipinski definition) is 1. The molecule has 1 saturated heterocycles. The van der Waals surface area contributed by atoms with Crippen LogP contribution in [0.5, 0.6) is 0 Å². The zero-order valence-electron chi connectivity index (χ0n) is 13.0. The molecule has 1 fully saturated rings. The van der Waals surface area contributed by atoms with Crippen molar-refractivity contribution in [2.75, 3.05) is 0 Å². The molecule has 2 atom stereocenters. The van der Waals surface area contributed by atoms with Gasteiger partial charge >= 0.3 is 5.97 Å². The SMILES string of the molecule is CCC(C)C(C(=O)O)N1C(=O)C(=Cc2c(F)cccc2Cl)SC1=S. The molecule has 1 amide bonds. The van der Waals surface area contributed by atoms with Crippen molar-refractivity contribution < 1.29 is 19.1 Å². The number of carbonyl (C=O) groups is 2. The van der Waals surface area contributed by atoms with Gasteiger partial charge in [0.2, 0.25) is 0 Å². The topological polar surface area (TPSA) is 57.6 Å². The van der Waals surface area contributed by atoms with Gasteiger partial charge in [-0.25, -0.2) is 9.18 Å². The third-order valence-electron chi connectivity index (χ3n) is 3.81. The second-order valence-electron chi connectivity index (χ2n) is 5.36. The third-order valence-corrected chi connectivity index (χ3v) is 5.47. The van der Waals surface area contributed by atoms with E-state index in [0.717, 1.165) is 16.7 Å². The second-order valence-corrected chi connectivity index (χ2v) is 7.44. The van der Waals surface area contributed by atoms with E-state index in [9.17, 15) is 19.1 Å². The number of carboxylic acids is 1. The molecule has 0 saturated carbocycles. The van der Waals surface area contributed by atoms with Crippen LogP contribution in [0.2, 0.25) is 5.02 Å². The highest BCUT2D eigenvalue weighted by atomic mass is 35.5. The Morgan fingerprint density at radius 2 is 2.21 bits per heavy atom. The lowest BCUT2D eigenvalue weighted by molar-refractivity contribution is -0.147. The number of thioether (sulfide) groups is 1. The molecule has 24 heavy (non-hydrogen) atoms. The van der Waals surface area contributed by atoms with Crippen LogP contribution in [0.3, 0.4) is 0 Å². The second kappa shape index (κ2) is 7.63. The molecule has 0 aliphatic carbocycles. The summed E-state index contributed by atoms with van der Waals surface area (Å²) in [6.07, 6.45) is 1.89. The summed E-state index contributed by atoms with van der Waals surface area (Å²) in [6, 6.07) is 3.15. The van der Waals surface area contributed by atoms with Crippen LogP contribution >= 0.6 is 35.6 Å². The molecule has 1 heterocycles. The van der Waals surface area contributed by atoms with Crippen LogP contribution < -0.4 is 0 Å².